The predicted molar refractivity (Wildman–Crippen MR) is 85.1 cm³/mol. The number of aromatic nitrogens is 1. The van der Waals surface area contributed by atoms with Crippen LogP contribution in [0.15, 0.2) is 47.2 Å². The third kappa shape index (κ3) is 5.14. The molecule has 7 heteroatoms. The summed E-state index contributed by atoms with van der Waals surface area (Å²) in [6.07, 6.45) is 2.90. The van der Waals surface area contributed by atoms with E-state index in [0.29, 0.717) is 11.0 Å². The summed E-state index contributed by atoms with van der Waals surface area (Å²) < 4.78 is 18.5. The molecule has 0 radical (unpaired) electrons. The van der Waals surface area contributed by atoms with Crippen molar-refractivity contribution in [1.29, 1.82) is 0 Å². The highest BCUT2D eigenvalue weighted by Crippen LogP contribution is 2.11. The Morgan fingerprint density at radius 2 is 1.96 bits per heavy atom. The number of rotatable bonds is 5. The van der Waals surface area contributed by atoms with Crippen LogP contribution in [0.2, 0.25) is 0 Å². The van der Waals surface area contributed by atoms with Gasteiger partial charge in [0.05, 0.1) is 5.56 Å². The van der Waals surface area contributed by atoms with E-state index in [4.69, 9.17) is 4.74 Å². The molecule has 0 aliphatic heterocycles. The molecule has 5 nitrogen and oxygen atoms in total. The van der Waals surface area contributed by atoms with Gasteiger partial charge in [-0.1, -0.05) is 12.1 Å². The van der Waals surface area contributed by atoms with Gasteiger partial charge in [0.1, 0.15) is 5.82 Å². The Labute approximate surface area is 141 Å². The number of pyridine rings is 1. The lowest BCUT2D eigenvalue weighted by Gasteiger charge is -2.17. The topological polar surface area (TPSA) is 59.5 Å². The van der Waals surface area contributed by atoms with Crippen molar-refractivity contribution in [2.45, 2.75) is 6.54 Å². The highest BCUT2D eigenvalue weighted by molar-refractivity contribution is 9.10. The van der Waals surface area contributed by atoms with E-state index >= 15 is 0 Å². The first kappa shape index (κ1) is 17.1. The second kappa shape index (κ2) is 7.82. The lowest BCUT2D eigenvalue weighted by atomic mass is 10.2. The molecule has 120 valence electrons. The first-order chi connectivity index (χ1) is 11.0. The smallest absolute Gasteiger partial charge is 0.340 e. The van der Waals surface area contributed by atoms with Crippen LogP contribution in [0.5, 0.6) is 0 Å². The predicted octanol–water partition coefficient (Wildman–Crippen LogP) is 2.80. The van der Waals surface area contributed by atoms with Gasteiger partial charge in [-0.05, 0) is 39.7 Å². The van der Waals surface area contributed by atoms with Crippen molar-refractivity contribution in [2.75, 3.05) is 13.7 Å². The number of hydrogen-bond acceptors (Lipinski definition) is 4. The van der Waals surface area contributed by atoms with E-state index < -0.39 is 5.97 Å². The van der Waals surface area contributed by atoms with Crippen molar-refractivity contribution in [3.8, 4) is 0 Å². The fourth-order valence-corrected chi connectivity index (χ4v) is 2.16. The molecule has 1 aromatic heterocycles. The van der Waals surface area contributed by atoms with E-state index in [9.17, 15) is 14.0 Å². The molecule has 2 rings (SSSR count). The lowest BCUT2D eigenvalue weighted by Crippen LogP contribution is -2.30. The van der Waals surface area contributed by atoms with E-state index in [0.717, 1.165) is 5.56 Å². The molecule has 1 aromatic carbocycles. The summed E-state index contributed by atoms with van der Waals surface area (Å²) >= 11 is 3.20. The van der Waals surface area contributed by atoms with Crippen LogP contribution >= 0.6 is 15.9 Å². The van der Waals surface area contributed by atoms with E-state index in [1.54, 1.807) is 31.4 Å². The minimum Gasteiger partial charge on any atom is -0.452 e. The van der Waals surface area contributed by atoms with Gasteiger partial charge in [0.2, 0.25) is 0 Å². The van der Waals surface area contributed by atoms with Crippen molar-refractivity contribution in [2.24, 2.45) is 0 Å². The molecule has 0 unspecified atom stereocenters. The standard InChI is InChI=1S/C16H14BrFN2O3/c1-20(9-11-2-4-14(18)5-3-11)15(21)10-23-16(22)12-6-13(17)8-19-7-12/h2-8H,9-10H2,1H3. The molecule has 23 heavy (non-hydrogen) atoms. The molecule has 0 bridgehead atoms. The second-order valence-corrected chi connectivity index (χ2v) is 5.76. The van der Waals surface area contributed by atoms with Gasteiger partial charge in [-0.25, -0.2) is 9.18 Å². The van der Waals surface area contributed by atoms with Crippen LogP contribution in [0.4, 0.5) is 4.39 Å². The summed E-state index contributed by atoms with van der Waals surface area (Å²) in [4.78, 5) is 29.1. The normalized spacial score (nSPS) is 10.2. The van der Waals surface area contributed by atoms with Gasteiger partial charge in [-0.15, -0.1) is 0 Å². The number of halogens is 2. The van der Waals surface area contributed by atoms with Crippen LogP contribution in [0.1, 0.15) is 15.9 Å². The molecule has 0 fully saturated rings. The quantitative estimate of drug-likeness (QED) is 0.748. The zero-order valence-electron chi connectivity index (χ0n) is 12.3. The largest absolute Gasteiger partial charge is 0.452 e. The Hall–Kier alpha value is -2.28. The van der Waals surface area contributed by atoms with Crippen LogP contribution in [0, 0.1) is 5.82 Å². The number of hydrogen-bond donors (Lipinski definition) is 0. The monoisotopic (exact) mass is 380 g/mol. The summed E-state index contributed by atoms with van der Waals surface area (Å²) in [7, 11) is 1.58. The van der Waals surface area contributed by atoms with Gasteiger partial charge >= 0.3 is 5.97 Å². The molecule has 0 saturated heterocycles. The molecule has 1 amide bonds. The maximum Gasteiger partial charge on any atom is 0.340 e. The average molecular weight is 381 g/mol. The minimum atomic E-state index is -0.623. The fraction of sp³-hybridized carbons (Fsp3) is 0.188. The minimum absolute atomic E-state index is 0.258. The zero-order chi connectivity index (χ0) is 16.8. The van der Waals surface area contributed by atoms with Crippen molar-refractivity contribution < 1.29 is 18.7 Å². The molecule has 0 N–H and O–H groups in total. The van der Waals surface area contributed by atoms with E-state index in [1.165, 1.54) is 23.2 Å². The first-order valence-electron chi connectivity index (χ1n) is 6.72. The Kier molecular flexibility index (Phi) is 5.81. The SMILES string of the molecule is CN(Cc1ccc(F)cc1)C(=O)COC(=O)c1cncc(Br)c1. The second-order valence-electron chi connectivity index (χ2n) is 4.84. The van der Waals surface area contributed by atoms with Crippen molar-refractivity contribution in [3.63, 3.8) is 0 Å². The van der Waals surface area contributed by atoms with Gasteiger partial charge in [0.15, 0.2) is 6.61 Å². The Bertz CT molecular complexity index is 707. The Morgan fingerprint density at radius 3 is 2.61 bits per heavy atom. The molecule has 0 aliphatic carbocycles. The van der Waals surface area contributed by atoms with Crippen molar-refractivity contribution in [1.82, 2.24) is 9.88 Å². The molecular formula is C16H14BrFN2O3. The van der Waals surface area contributed by atoms with E-state index in [-0.39, 0.29) is 23.9 Å². The number of carbonyl (C=O) groups is 2. The van der Waals surface area contributed by atoms with Gasteiger partial charge in [-0.2, -0.15) is 0 Å². The third-order valence-corrected chi connectivity index (χ3v) is 3.46. The summed E-state index contributed by atoms with van der Waals surface area (Å²) in [6.45, 7) is -0.0713. The number of benzene rings is 1. The molecule has 0 spiro atoms. The maximum absolute atomic E-state index is 12.8. The van der Waals surface area contributed by atoms with Gasteiger partial charge in [-0.3, -0.25) is 9.78 Å². The van der Waals surface area contributed by atoms with Crippen molar-refractivity contribution >= 4 is 27.8 Å². The van der Waals surface area contributed by atoms with Gasteiger partial charge in [0, 0.05) is 30.5 Å². The summed E-state index contributed by atoms with van der Waals surface area (Å²) in [5.74, 6) is -1.31. The Balaban J connectivity index is 1.86. The molecule has 1 heterocycles. The number of nitrogens with zero attached hydrogens (tertiary/aromatic N) is 2. The molecular weight excluding hydrogens is 367 g/mol. The summed E-state index contributed by atoms with van der Waals surface area (Å²) in [5, 5.41) is 0. The van der Waals surface area contributed by atoms with Crippen molar-refractivity contribution in [3.05, 3.63) is 64.1 Å². The fourth-order valence-electron chi connectivity index (χ4n) is 1.80. The van der Waals surface area contributed by atoms with Crippen LogP contribution in [-0.4, -0.2) is 35.4 Å². The van der Waals surface area contributed by atoms with Crippen LogP contribution < -0.4 is 0 Å². The lowest BCUT2D eigenvalue weighted by molar-refractivity contribution is -0.133. The summed E-state index contributed by atoms with van der Waals surface area (Å²) in [6, 6.07) is 7.40. The number of carbonyl (C=O) groups excluding carboxylic acids is 2. The first-order valence-corrected chi connectivity index (χ1v) is 7.51. The molecule has 2 aromatic rings. The van der Waals surface area contributed by atoms with Crippen LogP contribution in [0.3, 0.4) is 0 Å². The van der Waals surface area contributed by atoms with Gasteiger partial charge in [0.25, 0.3) is 5.91 Å². The zero-order valence-corrected chi connectivity index (χ0v) is 13.9. The number of amides is 1. The number of likely N-dealkylation sites (N-methyl/N-ethyl adjacent to an activating group) is 1. The molecule has 0 saturated carbocycles. The maximum atomic E-state index is 12.8. The van der Waals surface area contributed by atoms with Crippen LogP contribution in [-0.2, 0) is 16.1 Å². The summed E-state index contributed by atoms with van der Waals surface area (Å²) in [5.41, 5.74) is 1.04. The molecule has 0 aliphatic rings. The Morgan fingerprint density at radius 1 is 1.26 bits per heavy atom. The highest BCUT2D eigenvalue weighted by atomic mass is 79.9. The van der Waals surface area contributed by atoms with E-state index in [1.807, 2.05) is 0 Å². The molecule has 0 atom stereocenters. The number of esters is 1. The average Bonchev–Trinajstić information content (AvgIpc) is 2.54. The number of ether oxygens (including phenoxy) is 1. The van der Waals surface area contributed by atoms with Gasteiger partial charge < -0.3 is 9.64 Å². The van der Waals surface area contributed by atoms with Crippen LogP contribution in [0.25, 0.3) is 0 Å². The van der Waals surface area contributed by atoms with E-state index in [2.05, 4.69) is 20.9 Å². The highest BCUT2D eigenvalue weighted by Gasteiger charge is 2.14. The third-order valence-electron chi connectivity index (χ3n) is 3.03.